The SMILES string of the molecule is [C]1CCc2[c][c]ccc2C1. The molecule has 0 heterocycles. The largest absolute Gasteiger partial charge is 0.0581 e. The number of rotatable bonds is 0. The van der Waals surface area contributed by atoms with Gasteiger partial charge in [-0.05, 0) is 48.9 Å². The zero-order valence-electron chi connectivity index (χ0n) is 5.78. The number of aryl methyl sites for hydroxylation is 1. The monoisotopic (exact) mass is 128 g/mol. The third-order valence-electron chi connectivity index (χ3n) is 1.85. The van der Waals surface area contributed by atoms with Gasteiger partial charge in [0.25, 0.3) is 0 Å². The number of hydrogen-bond donors (Lipinski definition) is 0. The molecule has 0 heteroatoms. The fraction of sp³-hybridized carbons (Fsp3) is 0.300. The average Bonchev–Trinajstić information content (AvgIpc) is 2.05. The van der Waals surface area contributed by atoms with Crippen LogP contribution in [0.2, 0.25) is 0 Å². The molecule has 0 saturated carbocycles. The van der Waals surface area contributed by atoms with E-state index < -0.39 is 0 Å². The standard InChI is InChI=1S/C10H8/c1-2-6-10-8-4-3-7-9(10)5-1/h1,5H,4,7-8H2. The van der Waals surface area contributed by atoms with E-state index in [4.69, 9.17) is 0 Å². The second kappa shape index (κ2) is 2.45. The summed E-state index contributed by atoms with van der Waals surface area (Å²) in [6, 6.07) is 10.1. The fourth-order valence-corrected chi connectivity index (χ4v) is 1.28. The van der Waals surface area contributed by atoms with Crippen LogP contribution in [0.25, 0.3) is 0 Å². The summed E-state index contributed by atoms with van der Waals surface area (Å²) in [5.74, 6) is 0. The van der Waals surface area contributed by atoms with Gasteiger partial charge in [0.15, 0.2) is 0 Å². The second-order valence-corrected chi connectivity index (χ2v) is 2.53. The van der Waals surface area contributed by atoms with Gasteiger partial charge in [-0.2, -0.15) is 0 Å². The maximum absolute atomic E-state index is 3.31. The summed E-state index contributed by atoms with van der Waals surface area (Å²) in [6.45, 7) is 0. The molecule has 0 aromatic heterocycles. The van der Waals surface area contributed by atoms with Gasteiger partial charge in [0.2, 0.25) is 0 Å². The van der Waals surface area contributed by atoms with Crippen LogP contribution in [0.4, 0.5) is 0 Å². The summed E-state index contributed by atoms with van der Waals surface area (Å²) in [5, 5.41) is 0. The van der Waals surface area contributed by atoms with Crippen molar-refractivity contribution in [3.63, 3.8) is 0 Å². The second-order valence-electron chi connectivity index (χ2n) is 2.53. The molecule has 0 N–H and O–H groups in total. The van der Waals surface area contributed by atoms with Gasteiger partial charge in [-0.3, -0.25) is 0 Å². The van der Waals surface area contributed by atoms with Gasteiger partial charge in [0.05, 0.1) is 0 Å². The van der Waals surface area contributed by atoms with E-state index in [0.29, 0.717) is 0 Å². The van der Waals surface area contributed by atoms with Crippen molar-refractivity contribution in [1.29, 1.82) is 0 Å². The summed E-state index contributed by atoms with van der Waals surface area (Å²) in [4.78, 5) is 0. The molecule has 0 spiro atoms. The van der Waals surface area contributed by atoms with Gasteiger partial charge in [-0.15, -0.1) is 0 Å². The van der Waals surface area contributed by atoms with Gasteiger partial charge in [0, 0.05) is 0 Å². The average molecular weight is 128 g/mol. The van der Waals surface area contributed by atoms with Gasteiger partial charge in [0.1, 0.15) is 0 Å². The van der Waals surface area contributed by atoms with Crippen molar-refractivity contribution in [2.75, 3.05) is 0 Å². The van der Waals surface area contributed by atoms with E-state index in [1.807, 2.05) is 6.07 Å². The zero-order chi connectivity index (χ0) is 6.81. The predicted octanol–water partition coefficient (Wildman–Crippen LogP) is 1.86. The molecule has 0 nitrogen and oxygen atoms in total. The Morgan fingerprint density at radius 3 is 3.30 bits per heavy atom. The van der Waals surface area contributed by atoms with Crippen LogP contribution in [0.1, 0.15) is 17.5 Å². The molecule has 10 heavy (non-hydrogen) atoms. The quantitative estimate of drug-likeness (QED) is 0.500. The molecular weight excluding hydrogens is 120 g/mol. The molecule has 1 aliphatic rings. The smallest absolute Gasteiger partial charge is 0.00612 e. The highest BCUT2D eigenvalue weighted by atomic mass is 14.1. The maximum atomic E-state index is 3.31. The van der Waals surface area contributed by atoms with Crippen LogP contribution in [-0.4, -0.2) is 0 Å². The molecule has 0 bridgehead atoms. The van der Waals surface area contributed by atoms with Gasteiger partial charge in [-0.25, -0.2) is 0 Å². The van der Waals surface area contributed by atoms with Crippen LogP contribution in [0.15, 0.2) is 12.1 Å². The van der Waals surface area contributed by atoms with Crippen LogP contribution >= 0.6 is 0 Å². The first-order valence-corrected chi connectivity index (χ1v) is 3.57. The minimum atomic E-state index is 1.00. The molecule has 1 aromatic rings. The molecule has 0 atom stereocenters. The fourth-order valence-electron chi connectivity index (χ4n) is 1.28. The first-order chi connectivity index (χ1) is 4.97. The Hall–Kier alpha value is -0.780. The van der Waals surface area contributed by atoms with E-state index in [9.17, 15) is 0 Å². The first kappa shape index (κ1) is 5.96. The summed E-state index contributed by atoms with van der Waals surface area (Å²) in [7, 11) is 0. The van der Waals surface area contributed by atoms with Crippen LogP contribution in [-0.2, 0) is 12.8 Å². The summed E-state index contributed by atoms with van der Waals surface area (Å²) < 4.78 is 0. The predicted molar refractivity (Wildman–Crippen MR) is 39.4 cm³/mol. The van der Waals surface area contributed by atoms with Crippen molar-refractivity contribution in [3.8, 4) is 0 Å². The Kier molecular flexibility index (Phi) is 1.46. The van der Waals surface area contributed by atoms with Crippen LogP contribution in [0, 0.1) is 18.6 Å². The highest BCUT2D eigenvalue weighted by Crippen LogP contribution is 2.18. The molecule has 1 aliphatic carbocycles. The Balaban J connectivity index is 2.41. The Morgan fingerprint density at radius 2 is 2.40 bits per heavy atom. The molecular formula is C10H8. The number of hydrogen-bond acceptors (Lipinski definition) is 0. The highest BCUT2D eigenvalue weighted by molar-refractivity contribution is 5.29. The van der Waals surface area contributed by atoms with E-state index >= 15 is 0 Å². The molecule has 2 rings (SSSR count). The van der Waals surface area contributed by atoms with Crippen molar-refractivity contribution >= 4 is 0 Å². The van der Waals surface area contributed by atoms with Crippen LogP contribution < -0.4 is 0 Å². The van der Waals surface area contributed by atoms with E-state index in [1.54, 1.807) is 0 Å². The lowest BCUT2D eigenvalue weighted by Gasteiger charge is -2.12. The minimum Gasteiger partial charge on any atom is -0.0581 e. The van der Waals surface area contributed by atoms with Crippen molar-refractivity contribution < 1.29 is 0 Å². The Morgan fingerprint density at radius 1 is 1.40 bits per heavy atom. The third-order valence-corrected chi connectivity index (χ3v) is 1.85. The van der Waals surface area contributed by atoms with Crippen molar-refractivity contribution in [2.45, 2.75) is 19.3 Å². The lowest BCUT2D eigenvalue weighted by atomic mass is 9.92. The molecule has 4 radical (unpaired) electrons. The Bertz CT molecular complexity index is 200. The van der Waals surface area contributed by atoms with E-state index in [-0.39, 0.29) is 0 Å². The molecule has 0 unspecified atom stereocenters. The molecule has 0 fully saturated rings. The van der Waals surface area contributed by atoms with E-state index in [0.717, 1.165) is 19.3 Å². The molecule has 0 amide bonds. The lowest BCUT2D eigenvalue weighted by Crippen LogP contribution is -2.02. The van der Waals surface area contributed by atoms with Crippen molar-refractivity contribution in [3.05, 3.63) is 41.8 Å². The number of fused-ring (bicyclic) bond motifs is 1. The molecule has 0 aliphatic heterocycles. The van der Waals surface area contributed by atoms with Gasteiger partial charge < -0.3 is 0 Å². The van der Waals surface area contributed by atoms with Gasteiger partial charge in [-0.1, -0.05) is 12.1 Å². The molecule has 0 saturated heterocycles. The van der Waals surface area contributed by atoms with E-state index in [2.05, 4.69) is 24.6 Å². The lowest BCUT2D eigenvalue weighted by molar-refractivity contribution is 0.828. The number of benzene rings is 1. The molecule has 48 valence electrons. The first-order valence-electron chi connectivity index (χ1n) is 3.57. The molecule has 1 aromatic carbocycles. The van der Waals surface area contributed by atoms with Crippen molar-refractivity contribution in [1.82, 2.24) is 0 Å². The third kappa shape index (κ3) is 0.942. The topological polar surface area (TPSA) is 0 Å². The van der Waals surface area contributed by atoms with Crippen LogP contribution in [0.5, 0.6) is 0 Å². The van der Waals surface area contributed by atoms with Crippen molar-refractivity contribution in [2.24, 2.45) is 0 Å². The maximum Gasteiger partial charge on any atom is -0.00612 e. The van der Waals surface area contributed by atoms with Crippen LogP contribution in [0.3, 0.4) is 0 Å². The van der Waals surface area contributed by atoms with E-state index in [1.165, 1.54) is 11.1 Å². The van der Waals surface area contributed by atoms with Gasteiger partial charge >= 0.3 is 0 Å². The normalized spacial score (nSPS) is 16.4. The zero-order valence-corrected chi connectivity index (χ0v) is 5.78. The summed E-state index contributed by atoms with van der Waals surface area (Å²) in [5.41, 5.74) is 2.71. The Labute approximate surface area is 61.9 Å². The summed E-state index contributed by atoms with van der Waals surface area (Å²) in [6.07, 6.45) is 6.50. The minimum absolute atomic E-state index is 1.00. The highest BCUT2D eigenvalue weighted by Gasteiger charge is 2.07. The summed E-state index contributed by atoms with van der Waals surface area (Å²) >= 11 is 0.